The highest BCUT2D eigenvalue weighted by Crippen LogP contribution is 2.30. The maximum Gasteiger partial charge on any atom is 0.0608 e. The van der Waals surface area contributed by atoms with E-state index in [2.05, 4.69) is 10.4 Å². The molecule has 0 radical (unpaired) electrons. The summed E-state index contributed by atoms with van der Waals surface area (Å²) in [7, 11) is 0. The predicted molar refractivity (Wildman–Crippen MR) is 51.2 cm³/mol. The third kappa shape index (κ3) is 2.02. The summed E-state index contributed by atoms with van der Waals surface area (Å²) in [5.41, 5.74) is 9.53. The number of nitrogens with two attached hydrogens (primary N) is 1. The van der Waals surface area contributed by atoms with E-state index in [1.165, 1.54) is 19.3 Å². The summed E-state index contributed by atoms with van der Waals surface area (Å²) in [6, 6.07) is 0. The minimum atomic E-state index is 0.220. The Morgan fingerprint density at radius 2 is 2.00 bits per heavy atom. The lowest BCUT2D eigenvalue weighted by atomic mass is 9.77. The molecule has 0 spiro atoms. The monoisotopic (exact) mass is 185 g/mol. The molecule has 1 aliphatic carbocycles. The number of hydrazine groups is 1. The topological polar surface area (TPSA) is 50.5 Å². The van der Waals surface area contributed by atoms with Crippen molar-refractivity contribution in [3.8, 4) is 0 Å². The van der Waals surface area contributed by atoms with E-state index in [-0.39, 0.29) is 5.54 Å². The second kappa shape index (κ2) is 3.92. The maximum atomic E-state index is 5.77. The molecule has 0 unspecified atom stereocenters. The number of hydrogen-bond acceptors (Lipinski definition) is 4. The van der Waals surface area contributed by atoms with Crippen molar-refractivity contribution in [1.82, 2.24) is 10.4 Å². The van der Waals surface area contributed by atoms with Gasteiger partial charge in [-0.25, -0.2) is 10.4 Å². The largest absolute Gasteiger partial charge is 0.379 e. The Kier molecular flexibility index (Phi) is 2.83. The molecule has 1 saturated heterocycles. The van der Waals surface area contributed by atoms with Crippen molar-refractivity contribution in [3.63, 3.8) is 0 Å². The highest BCUT2D eigenvalue weighted by molar-refractivity contribution is 4.96. The van der Waals surface area contributed by atoms with Gasteiger partial charge in [0.1, 0.15) is 0 Å². The van der Waals surface area contributed by atoms with Gasteiger partial charge in [-0.3, -0.25) is 0 Å². The molecule has 76 valence electrons. The van der Waals surface area contributed by atoms with Crippen LogP contribution < -0.4 is 11.2 Å². The fourth-order valence-corrected chi connectivity index (χ4v) is 1.98. The van der Waals surface area contributed by atoms with Gasteiger partial charge in [0, 0.05) is 25.2 Å². The van der Waals surface area contributed by atoms with Crippen molar-refractivity contribution < 1.29 is 4.74 Å². The smallest absolute Gasteiger partial charge is 0.0608 e. The van der Waals surface area contributed by atoms with Crippen LogP contribution in [-0.4, -0.2) is 43.4 Å². The molecular weight excluding hydrogens is 166 g/mol. The standard InChI is InChI=1S/C9H19N3O/c10-8-9(2-1-3-9)11-12-4-6-13-7-5-12/h11H,1-8,10H2. The molecule has 2 aliphatic rings. The molecule has 3 N–H and O–H groups in total. The van der Waals surface area contributed by atoms with Gasteiger partial charge in [0.25, 0.3) is 0 Å². The first kappa shape index (κ1) is 9.40. The highest BCUT2D eigenvalue weighted by Gasteiger charge is 2.37. The van der Waals surface area contributed by atoms with Crippen molar-refractivity contribution in [2.75, 3.05) is 32.8 Å². The Morgan fingerprint density at radius 3 is 2.46 bits per heavy atom. The number of ether oxygens (including phenoxy) is 1. The summed E-state index contributed by atoms with van der Waals surface area (Å²) in [6.07, 6.45) is 3.76. The van der Waals surface area contributed by atoms with Crippen LogP contribution in [0.2, 0.25) is 0 Å². The summed E-state index contributed by atoms with van der Waals surface area (Å²) in [6.45, 7) is 4.41. The van der Waals surface area contributed by atoms with Crippen molar-refractivity contribution in [2.45, 2.75) is 24.8 Å². The Labute approximate surface area is 79.4 Å². The van der Waals surface area contributed by atoms with Crippen LogP contribution in [0.5, 0.6) is 0 Å². The molecule has 4 heteroatoms. The van der Waals surface area contributed by atoms with Crippen LogP contribution in [0, 0.1) is 0 Å². The van der Waals surface area contributed by atoms with E-state index in [1.807, 2.05) is 0 Å². The zero-order valence-electron chi connectivity index (χ0n) is 8.09. The van der Waals surface area contributed by atoms with Gasteiger partial charge < -0.3 is 10.5 Å². The van der Waals surface area contributed by atoms with Crippen LogP contribution in [0.15, 0.2) is 0 Å². The van der Waals surface area contributed by atoms with E-state index in [0.717, 1.165) is 32.8 Å². The van der Waals surface area contributed by atoms with Crippen LogP contribution in [0.3, 0.4) is 0 Å². The van der Waals surface area contributed by atoms with Crippen LogP contribution in [-0.2, 0) is 4.74 Å². The van der Waals surface area contributed by atoms with Crippen LogP contribution in [0.25, 0.3) is 0 Å². The fourth-order valence-electron chi connectivity index (χ4n) is 1.98. The minimum Gasteiger partial charge on any atom is -0.379 e. The Balaban J connectivity index is 1.81. The van der Waals surface area contributed by atoms with Crippen molar-refractivity contribution in [2.24, 2.45) is 5.73 Å². The first-order valence-corrected chi connectivity index (χ1v) is 5.15. The zero-order valence-corrected chi connectivity index (χ0v) is 8.09. The molecule has 1 saturated carbocycles. The molecule has 0 aromatic rings. The lowest BCUT2D eigenvalue weighted by Crippen LogP contribution is -2.63. The Hall–Kier alpha value is -0.160. The predicted octanol–water partition coefficient (Wildman–Crippen LogP) is -0.295. The lowest BCUT2D eigenvalue weighted by Gasteiger charge is -2.46. The molecule has 2 fully saturated rings. The SMILES string of the molecule is NCC1(NN2CCOCC2)CCC1. The average Bonchev–Trinajstić information content (AvgIpc) is 2.13. The van der Waals surface area contributed by atoms with Gasteiger partial charge in [-0.15, -0.1) is 0 Å². The Bertz CT molecular complexity index is 159. The van der Waals surface area contributed by atoms with Crippen molar-refractivity contribution in [3.05, 3.63) is 0 Å². The number of rotatable bonds is 3. The lowest BCUT2D eigenvalue weighted by molar-refractivity contribution is -0.0276. The van der Waals surface area contributed by atoms with Crippen LogP contribution in [0.1, 0.15) is 19.3 Å². The van der Waals surface area contributed by atoms with E-state index in [1.54, 1.807) is 0 Å². The minimum absolute atomic E-state index is 0.220. The van der Waals surface area contributed by atoms with Crippen LogP contribution in [0.4, 0.5) is 0 Å². The second-order valence-electron chi connectivity index (χ2n) is 4.05. The average molecular weight is 185 g/mol. The summed E-state index contributed by atoms with van der Waals surface area (Å²) < 4.78 is 5.29. The van der Waals surface area contributed by atoms with E-state index in [9.17, 15) is 0 Å². The van der Waals surface area contributed by atoms with Gasteiger partial charge >= 0.3 is 0 Å². The quantitative estimate of drug-likeness (QED) is 0.634. The summed E-state index contributed by atoms with van der Waals surface area (Å²) >= 11 is 0. The van der Waals surface area contributed by atoms with Gasteiger partial charge in [-0.1, -0.05) is 0 Å². The fraction of sp³-hybridized carbons (Fsp3) is 1.00. The van der Waals surface area contributed by atoms with Crippen molar-refractivity contribution >= 4 is 0 Å². The third-order valence-electron chi connectivity index (χ3n) is 3.11. The Morgan fingerprint density at radius 1 is 1.31 bits per heavy atom. The molecule has 0 bridgehead atoms. The highest BCUT2D eigenvalue weighted by atomic mass is 16.5. The normalized spacial score (nSPS) is 28.4. The molecule has 0 atom stereocenters. The summed E-state index contributed by atoms with van der Waals surface area (Å²) in [5.74, 6) is 0. The van der Waals surface area contributed by atoms with Crippen molar-refractivity contribution in [1.29, 1.82) is 0 Å². The van der Waals surface area contributed by atoms with Gasteiger partial charge in [-0.2, -0.15) is 0 Å². The molecule has 0 aromatic heterocycles. The number of morpholine rings is 1. The first-order valence-electron chi connectivity index (χ1n) is 5.15. The summed E-state index contributed by atoms with van der Waals surface area (Å²) in [5, 5.41) is 2.26. The molecule has 2 rings (SSSR count). The zero-order chi connectivity index (χ0) is 9.15. The molecule has 0 aromatic carbocycles. The van der Waals surface area contributed by atoms with Crippen LogP contribution >= 0.6 is 0 Å². The molecule has 0 amide bonds. The third-order valence-corrected chi connectivity index (χ3v) is 3.11. The molecule has 1 aliphatic heterocycles. The summed E-state index contributed by atoms with van der Waals surface area (Å²) in [4.78, 5) is 0. The van der Waals surface area contributed by atoms with Gasteiger partial charge in [0.05, 0.1) is 13.2 Å². The number of nitrogens with zero attached hydrogens (tertiary/aromatic N) is 1. The first-order chi connectivity index (χ1) is 6.35. The van der Waals surface area contributed by atoms with Gasteiger partial charge in [0.2, 0.25) is 0 Å². The molecular formula is C9H19N3O. The van der Waals surface area contributed by atoms with Gasteiger partial charge in [0.15, 0.2) is 0 Å². The number of hydrogen-bond donors (Lipinski definition) is 2. The van der Waals surface area contributed by atoms with Gasteiger partial charge in [-0.05, 0) is 19.3 Å². The van der Waals surface area contributed by atoms with E-state index in [0.29, 0.717) is 0 Å². The second-order valence-corrected chi connectivity index (χ2v) is 4.05. The van der Waals surface area contributed by atoms with E-state index >= 15 is 0 Å². The maximum absolute atomic E-state index is 5.77. The number of nitrogens with one attached hydrogen (secondary N) is 1. The molecule has 4 nitrogen and oxygen atoms in total. The molecule has 13 heavy (non-hydrogen) atoms. The van der Waals surface area contributed by atoms with E-state index < -0.39 is 0 Å². The van der Waals surface area contributed by atoms with E-state index in [4.69, 9.17) is 10.5 Å². The molecule has 1 heterocycles.